The standard InChI is InChI=1S/C13H15BrN2O/c1-3-16-8-11(7-15-16)9-17-13-5-4-12(14)6-10(13)2/h4-8H,3,9H2,1-2H3. The highest BCUT2D eigenvalue weighted by atomic mass is 79.9. The molecule has 0 bridgehead atoms. The highest BCUT2D eigenvalue weighted by molar-refractivity contribution is 9.10. The number of aromatic nitrogens is 2. The minimum Gasteiger partial charge on any atom is -0.489 e. The van der Waals surface area contributed by atoms with Crippen molar-refractivity contribution in [3.63, 3.8) is 0 Å². The van der Waals surface area contributed by atoms with Gasteiger partial charge in [0.05, 0.1) is 6.20 Å². The molecule has 0 spiro atoms. The topological polar surface area (TPSA) is 27.1 Å². The van der Waals surface area contributed by atoms with Crippen molar-refractivity contribution >= 4 is 15.9 Å². The Morgan fingerprint density at radius 1 is 1.41 bits per heavy atom. The molecular weight excluding hydrogens is 280 g/mol. The molecule has 0 N–H and O–H groups in total. The van der Waals surface area contributed by atoms with Crippen molar-refractivity contribution in [2.24, 2.45) is 0 Å². The van der Waals surface area contributed by atoms with E-state index in [1.807, 2.05) is 42.2 Å². The van der Waals surface area contributed by atoms with Gasteiger partial charge in [0, 0.05) is 22.8 Å². The van der Waals surface area contributed by atoms with Crippen LogP contribution in [-0.2, 0) is 13.2 Å². The SMILES string of the molecule is CCn1cc(COc2ccc(Br)cc2C)cn1. The molecule has 2 aromatic rings. The van der Waals surface area contributed by atoms with Crippen molar-refractivity contribution in [1.82, 2.24) is 9.78 Å². The molecular formula is C13H15BrN2O. The second-order valence-corrected chi connectivity index (χ2v) is 4.82. The van der Waals surface area contributed by atoms with Gasteiger partial charge in [-0.15, -0.1) is 0 Å². The fraction of sp³-hybridized carbons (Fsp3) is 0.308. The lowest BCUT2D eigenvalue weighted by molar-refractivity contribution is 0.304. The Labute approximate surface area is 110 Å². The summed E-state index contributed by atoms with van der Waals surface area (Å²) in [6.45, 7) is 5.55. The Morgan fingerprint density at radius 3 is 2.88 bits per heavy atom. The highest BCUT2D eigenvalue weighted by Gasteiger charge is 2.02. The third kappa shape index (κ3) is 3.09. The van der Waals surface area contributed by atoms with Crippen LogP contribution in [0.5, 0.6) is 5.75 Å². The number of rotatable bonds is 4. The number of nitrogens with zero attached hydrogens (tertiary/aromatic N) is 2. The van der Waals surface area contributed by atoms with E-state index in [1.54, 1.807) is 0 Å². The summed E-state index contributed by atoms with van der Waals surface area (Å²) in [5.74, 6) is 0.914. The smallest absolute Gasteiger partial charge is 0.122 e. The summed E-state index contributed by atoms with van der Waals surface area (Å²) in [6, 6.07) is 6.01. The normalized spacial score (nSPS) is 10.5. The van der Waals surface area contributed by atoms with E-state index >= 15 is 0 Å². The van der Waals surface area contributed by atoms with E-state index in [9.17, 15) is 0 Å². The minimum atomic E-state index is 0.558. The van der Waals surface area contributed by atoms with Gasteiger partial charge in [0.15, 0.2) is 0 Å². The molecule has 0 unspecified atom stereocenters. The molecule has 0 atom stereocenters. The molecule has 4 heteroatoms. The highest BCUT2D eigenvalue weighted by Crippen LogP contribution is 2.22. The first-order valence-electron chi connectivity index (χ1n) is 5.59. The molecule has 2 rings (SSSR count). The third-order valence-corrected chi connectivity index (χ3v) is 3.04. The maximum Gasteiger partial charge on any atom is 0.122 e. The number of hydrogen-bond acceptors (Lipinski definition) is 2. The molecule has 0 amide bonds. The third-order valence-electron chi connectivity index (χ3n) is 2.54. The van der Waals surface area contributed by atoms with Crippen LogP contribution in [0.25, 0.3) is 0 Å². The van der Waals surface area contributed by atoms with Crippen LogP contribution in [-0.4, -0.2) is 9.78 Å². The first kappa shape index (κ1) is 12.2. The molecule has 0 aliphatic carbocycles. The van der Waals surface area contributed by atoms with E-state index in [4.69, 9.17) is 4.74 Å². The number of hydrogen-bond donors (Lipinski definition) is 0. The Hall–Kier alpha value is -1.29. The van der Waals surface area contributed by atoms with Gasteiger partial charge in [-0.3, -0.25) is 4.68 Å². The summed E-state index contributed by atoms with van der Waals surface area (Å²) in [6.07, 6.45) is 3.85. The zero-order valence-corrected chi connectivity index (χ0v) is 11.6. The summed E-state index contributed by atoms with van der Waals surface area (Å²) in [4.78, 5) is 0. The van der Waals surface area contributed by atoms with Crippen molar-refractivity contribution in [3.8, 4) is 5.75 Å². The molecule has 90 valence electrons. The Morgan fingerprint density at radius 2 is 2.24 bits per heavy atom. The average Bonchev–Trinajstić information content (AvgIpc) is 2.76. The van der Waals surface area contributed by atoms with Gasteiger partial charge in [-0.05, 0) is 37.6 Å². The van der Waals surface area contributed by atoms with E-state index in [2.05, 4.69) is 28.0 Å². The second-order valence-electron chi connectivity index (χ2n) is 3.90. The molecule has 1 heterocycles. The molecule has 0 aliphatic heterocycles. The molecule has 17 heavy (non-hydrogen) atoms. The summed E-state index contributed by atoms with van der Waals surface area (Å²) in [7, 11) is 0. The maximum atomic E-state index is 5.76. The van der Waals surface area contributed by atoms with Crippen LogP contribution in [0.3, 0.4) is 0 Å². The molecule has 3 nitrogen and oxygen atoms in total. The van der Waals surface area contributed by atoms with E-state index in [1.165, 1.54) is 0 Å². The van der Waals surface area contributed by atoms with Gasteiger partial charge in [-0.25, -0.2) is 0 Å². The summed E-state index contributed by atoms with van der Waals surface area (Å²) in [5, 5.41) is 4.21. The molecule has 0 saturated heterocycles. The van der Waals surface area contributed by atoms with Gasteiger partial charge >= 0.3 is 0 Å². The van der Waals surface area contributed by atoms with Gasteiger partial charge in [0.1, 0.15) is 12.4 Å². The molecule has 0 fully saturated rings. The summed E-state index contributed by atoms with van der Waals surface area (Å²) in [5.41, 5.74) is 2.22. The van der Waals surface area contributed by atoms with Gasteiger partial charge < -0.3 is 4.74 Å². The van der Waals surface area contributed by atoms with Crippen molar-refractivity contribution in [2.75, 3.05) is 0 Å². The van der Waals surface area contributed by atoms with Gasteiger partial charge in [-0.2, -0.15) is 5.10 Å². The lowest BCUT2D eigenvalue weighted by atomic mass is 10.2. The Balaban J connectivity index is 2.02. The number of ether oxygens (including phenoxy) is 1. The molecule has 1 aromatic carbocycles. The second kappa shape index (κ2) is 5.36. The molecule has 1 aromatic heterocycles. The van der Waals surface area contributed by atoms with Crippen LogP contribution in [0.1, 0.15) is 18.1 Å². The molecule has 0 saturated carbocycles. The number of aryl methyl sites for hydroxylation is 2. The van der Waals surface area contributed by atoms with Gasteiger partial charge in [0.25, 0.3) is 0 Å². The van der Waals surface area contributed by atoms with Crippen molar-refractivity contribution < 1.29 is 4.74 Å². The Bertz CT molecular complexity index is 508. The van der Waals surface area contributed by atoms with E-state index < -0.39 is 0 Å². The zero-order chi connectivity index (χ0) is 12.3. The van der Waals surface area contributed by atoms with Crippen LogP contribution >= 0.6 is 15.9 Å². The van der Waals surface area contributed by atoms with Crippen LogP contribution < -0.4 is 4.74 Å². The van der Waals surface area contributed by atoms with Crippen LogP contribution in [0, 0.1) is 6.92 Å². The number of halogens is 1. The summed E-state index contributed by atoms with van der Waals surface area (Å²) < 4.78 is 8.73. The first-order chi connectivity index (χ1) is 8.19. The van der Waals surface area contributed by atoms with Gasteiger partial charge in [0.2, 0.25) is 0 Å². The van der Waals surface area contributed by atoms with Crippen LogP contribution in [0.15, 0.2) is 35.1 Å². The van der Waals surface area contributed by atoms with Crippen molar-refractivity contribution in [2.45, 2.75) is 27.0 Å². The van der Waals surface area contributed by atoms with E-state index in [0.717, 1.165) is 27.9 Å². The quantitative estimate of drug-likeness (QED) is 0.862. The fourth-order valence-corrected chi connectivity index (χ4v) is 2.07. The predicted octanol–water partition coefficient (Wildman–Crippen LogP) is 3.55. The lowest BCUT2D eigenvalue weighted by Crippen LogP contribution is -1.96. The van der Waals surface area contributed by atoms with Crippen LogP contribution in [0.2, 0.25) is 0 Å². The minimum absolute atomic E-state index is 0.558. The van der Waals surface area contributed by atoms with Crippen LogP contribution in [0.4, 0.5) is 0 Å². The van der Waals surface area contributed by atoms with E-state index in [-0.39, 0.29) is 0 Å². The molecule has 0 radical (unpaired) electrons. The average molecular weight is 295 g/mol. The summed E-state index contributed by atoms with van der Waals surface area (Å²) >= 11 is 3.44. The zero-order valence-electron chi connectivity index (χ0n) is 9.98. The predicted molar refractivity (Wildman–Crippen MR) is 71.1 cm³/mol. The molecule has 0 aliphatic rings. The van der Waals surface area contributed by atoms with Crippen molar-refractivity contribution in [3.05, 3.63) is 46.2 Å². The first-order valence-corrected chi connectivity index (χ1v) is 6.38. The Kier molecular flexibility index (Phi) is 3.84. The number of benzene rings is 1. The van der Waals surface area contributed by atoms with E-state index in [0.29, 0.717) is 6.61 Å². The largest absolute Gasteiger partial charge is 0.489 e. The lowest BCUT2D eigenvalue weighted by Gasteiger charge is -2.08. The van der Waals surface area contributed by atoms with Crippen molar-refractivity contribution in [1.29, 1.82) is 0 Å². The maximum absolute atomic E-state index is 5.76. The van der Waals surface area contributed by atoms with Gasteiger partial charge in [-0.1, -0.05) is 15.9 Å². The monoisotopic (exact) mass is 294 g/mol. The fourth-order valence-electron chi connectivity index (χ4n) is 1.59.